The molecule has 130 valence electrons. The van der Waals surface area contributed by atoms with Crippen LogP contribution in [0.25, 0.3) is 11.0 Å². The van der Waals surface area contributed by atoms with Crippen LogP contribution in [0.2, 0.25) is 0 Å². The summed E-state index contributed by atoms with van der Waals surface area (Å²) in [5.74, 6) is 0.645. The van der Waals surface area contributed by atoms with Gasteiger partial charge in [-0.05, 0) is 48.1 Å². The van der Waals surface area contributed by atoms with E-state index in [9.17, 15) is 4.79 Å². The molecular weight excluding hydrogens is 338 g/mol. The van der Waals surface area contributed by atoms with Crippen molar-refractivity contribution in [2.24, 2.45) is 0 Å². The SMILES string of the molecule is COCCn1cnnc1SCc1cc(=O)oc2cc3c(cc12)CCC3. The van der Waals surface area contributed by atoms with Gasteiger partial charge in [0.2, 0.25) is 0 Å². The van der Waals surface area contributed by atoms with Gasteiger partial charge < -0.3 is 13.7 Å². The smallest absolute Gasteiger partial charge is 0.336 e. The fourth-order valence-corrected chi connectivity index (χ4v) is 4.19. The Balaban J connectivity index is 1.63. The van der Waals surface area contributed by atoms with Crippen LogP contribution in [0.1, 0.15) is 23.1 Å². The first-order valence-corrected chi connectivity index (χ1v) is 9.31. The fraction of sp³-hybridized carbons (Fsp3) is 0.389. The zero-order chi connectivity index (χ0) is 17.2. The summed E-state index contributed by atoms with van der Waals surface area (Å²) in [5.41, 5.74) is 4.04. The van der Waals surface area contributed by atoms with Crippen molar-refractivity contribution in [3.8, 4) is 0 Å². The van der Waals surface area contributed by atoms with Crippen molar-refractivity contribution < 1.29 is 9.15 Å². The Hall–Kier alpha value is -2.12. The molecule has 0 unspecified atom stereocenters. The predicted molar refractivity (Wildman–Crippen MR) is 96.0 cm³/mol. The van der Waals surface area contributed by atoms with Crippen LogP contribution in [0.15, 0.2) is 38.9 Å². The number of hydrogen-bond acceptors (Lipinski definition) is 6. The molecule has 2 heterocycles. The minimum absolute atomic E-state index is 0.304. The topological polar surface area (TPSA) is 70.2 Å². The third-order valence-corrected chi connectivity index (χ3v) is 5.55. The summed E-state index contributed by atoms with van der Waals surface area (Å²) in [5, 5.41) is 9.98. The lowest BCUT2D eigenvalue weighted by atomic mass is 10.0. The van der Waals surface area contributed by atoms with Crippen molar-refractivity contribution in [1.29, 1.82) is 0 Å². The maximum atomic E-state index is 11.9. The fourth-order valence-electron chi connectivity index (χ4n) is 3.26. The van der Waals surface area contributed by atoms with Crippen LogP contribution in [0, 0.1) is 0 Å². The highest BCUT2D eigenvalue weighted by molar-refractivity contribution is 7.98. The van der Waals surface area contributed by atoms with E-state index in [1.807, 2.05) is 10.6 Å². The Morgan fingerprint density at radius 3 is 2.96 bits per heavy atom. The largest absolute Gasteiger partial charge is 0.423 e. The second-order valence-corrected chi connectivity index (χ2v) is 7.09. The minimum atomic E-state index is -0.304. The third kappa shape index (κ3) is 3.34. The van der Waals surface area contributed by atoms with Gasteiger partial charge in [-0.25, -0.2) is 4.79 Å². The average molecular weight is 357 g/mol. The number of methoxy groups -OCH3 is 1. The lowest BCUT2D eigenvalue weighted by molar-refractivity contribution is 0.184. The molecule has 0 saturated carbocycles. The Morgan fingerprint density at radius 2 is 2.12 bits per heavy atom. The molecule has 2 aromatic heterocycles. The van der Waals surface area contributed by atoms with Crippen molar-refractivity contribution in [3.05, 3.63) is 51.6 Å². The molecular formula is C18H19N3O3S. The Morgan fingerprint density at radius 1 is 1.28 bits per heavy atom. The maximum absolute atomic E-state index is 11.9. The number of rotatable bonds is 6. The summed E-state index contributed by atoms with van der Waals surface area (Å²) in [6, 6.07) is 5.81. The molecule has 0 N–H and O–H groups in total. The Bertz CT molecular complexity index is 964. The van der Waals surface area contributed by atoms with Crippen LogP contribution in [-0.4, -0.2) is 28.5 Å². The number of benzene rings is 1. The molecule has 25 heavy (non-hydrogen) atoms. The van der Waals surface area contributed by atoms with Crippen LogP contribution in [0.5, 0.6) is 0 Å². The van der Waals surface area contributed by atoms with Crippen molar-refractivity contribution in [2.75, 3.05) is 13.7 Å². The zero-order valence-corrected chi connectivity index (χ0v) is 14.8. The second-order valence-electron chi connectivity index (χ2n) is 6.15. The molecule has 0 amide bonds. The van der Waals surface area contributed by atoms with E-state index in [-0.39, 0.29) is 5.63 Å². The number of fused-ring (bicyclic) bond motifs is 2. The Kier molecular flexibility index (Phi) is 4.59. The highest BCUT2D eigenvalue weighted by Crippen LogP contribution is 2.31. The van der Waals surface area contributed by atoms with Gasteiger partial charge in [0, 0.05) is 30.9 Å². The molecule has 0 saturated heterocycles. The first kappa shape index (κ1) is 16.4. The van der Waals surface area contributed by atoms with Gasteiger partial charge in [-0.2, -0.15) is 0 Å². The van der Waals surface area contributed by atoms with Gasteiger partial charge in [0.05, 0.1) is 6.61 Å². The van der Waals surface area contributed by atoms with E-state index in [4.69, 9.17) is 9.15 Å². The van der Waals surface area contributed by atoms with Gasteiger partial charge in [0.25, 0.3) is 0 Å². The summed E-state index contributed by atoms with van der Waals surface area (Å²) in [6.45, 7) is 1.31. The molecule has 1 aliphatic rings. The molecule has 0 radical (unpaired) electrons. The zero-order valence-electron chi connectivity index (χ0n) is 14.0. The van der Waals surface area contributed by atoms with Gasteiger partial charge >= 0.3 is 5.63 Å². The van der Waals surface area contributed by atoms with E-state index >= 15 is 0 Å². The van der Waals surface area contributed by atoms with E-state index in [2.05, 4.69) is 16.3 Å². The van der Waals surface area contributed by atoms with Crippen LogP contribution in [0.3, 0.4) is 0 Å². The highest BCUT2D eigenvalue weighted by atomic mass is 32.2. The molecule has 0 spiro atoms. The van der Waals surface area contributed by atoms with E-state index in [0.29, 0.717) is 24.5 Å². The molecule has 4 rings (SSSR count). The summed E-state index contributed by atoms with van der Waals surface area (Å²) < 4.78 is 12.5. The van der Waals surface area contributed by atoms with Gasteiger partial charge in [0.15, 0.2) is 5.16 Å². The molecule has 0 fully saturated rings. The Labute approximate surface area is 149 Å². The second kappa shape index (κ2) is 7.01. The van der Waals surface area contributed by atoms with E-state index in [0.717, 1.165) is 28.9 Å². The summed E-state index contributed by atoms with van der Waals surface area (Å²) >= 11 is 1.57. The molecule has 7 heteroatoms. The van der Waals surface area contributed by atoms with E-state index in [1.54, 1.807) is 31.3 Å². The third-order valence-electron chi connectivity index (χ3n) is 4.52. The number of nitrogens with zero attached hydrogens (tertiary/aromatic N) is 3. The van der Waals surface area contributed by atoms with Crippen LogP contribution in [-0.2, 0) is 29.9 Å². The number of aromatic nitrogens is 3. The summed E-state index contributed by atoms with van der Waals surface area (Å²) in [4.78, 5) is 11.9. The van der Waals surface area contributed by atoms with Crippen molar-refractivity contribution in [1.82, 2.24) is 14.8 Å². The monoisotopic (exact) mass is 357 g/mol. The number of aryl methyl sites for hydroxylation is 2. The molecule has 1 aliphatic carbocycles. The van der Waals surface area contributed by atoms with Crippen molar-refractivity contribution in [2.45, 2.75) is 36.7 Å². The quantitative estimate of drug-likeness (QED) is 0.499. The molecule has 0 bridgehead atoms. The van der Waals surface area contributed by atoms with Gasteiger partial charge in [-0.3, -0.25) is 0 Å². The van der Waals surface area contributed by atoms with Gasteiger partial charge in [-0.15, -0.1) is 10.2 Å². The lowest BCUT2D eigenvalue weighted by Gasteiger charge is -2.08. The number of thioether (sulfide) groups is 1. The van der Waals surface area contributed by atoms with Crippen LogP contribution < -0.4 is 5.63 Å². The minimum Gasteiger partial charge on any atom is -0.423 e. The van der Waals surface area contributed by atoms with E-state index < -0.39 is 0 Å². The van der Waals surface area contributed by atoms with Crippen molar-refractivity contribution in [3.63, 3.8) is 0 Å². The van der Waals surface area contributed by atoms with Crippen LogP contribution in [0.4, 0.5) is 0 Å². The normalized spacial score (nSPS) is 13.5. The molecule has 1 aromatic carbocycles. The summed E-state index contributed by atoms with van der Waals surface area (Å²) in [6.07, 6.45) is 5.03. The molecule has 0 aliphatic heterocycles. The van der Waals surface area contributed by atoms with Crippen LogP contribution >= 0.6 is 11.8 Å². The van der Waals surface area contributed by atoms with Gasteiger partial charge in [-0.1, -0.05) is 11.8 Å². The summed E-state index contributed by atoms with van der Waals surface area (Å²) in [7, 11) is 1.67. The van der Waals surface area contributed by atoms with Crippen molar-refractivity contribution >= 4 is 22.7 Å². The number of ether oxygens (including phenoxy) is 1. The molecule has 3 aromatic rings. The number of hydrogen-bond donors (Lipinski definition) is 0. The maximum Gasteiger partial charge on any atom is 0.336 e. The highest BCUT2D eigenvalue weighted by Gasteiger charge is 2.16. The predicted octanol–water partition coefficient (Wildman–Crippen LogP) is 2.81. The first-order chi connectivity index (χ1) is 12.2. The first-order valence-electron chi connectivity index (χ1n) is 8.32. The molecule has 0 atom stereocenters. The standard InChI is InChI=1S/C18H19N3O3S/c1-23-6-5-21-11-19-20-18(21)25-10-14-9-17(22)24-16-8-13-4-2-3-12(13)7-15(14)16/h7-9,11H,2-6,10H2,1H3. The van der Waals surface area contributed by atoms with Gasteiger partial charge in [0.1, 0.15) is 11.9 Å². The average Bonchev–Trinajstić information content (AvgIpc) is 3.24. The lowest BCUT2D eigenvalue weighted by Crippen LogP contribution is -2.05. The van der Waals surface area contributed by atoms with E-state index in [1.165, 1.54) is 17.5 Å². The molecule has 6 nitrogen and oxygen atoms in total.